The molecule has 1 aliphatic rings. The van der Waals surface area contributed by atoms with E-state index in [0.717, 1.165) is 17.6 Å². The van der Waals surface area contributed by atoms with Gasteiger partial charge in [-0.1, -0.05) is 19.8 Å². The Morgan fingerprint density at radius 3 is 3.10 bits per heavy atom. The number of anilines is 1. The van der Waals surface area contributed by atoms with Crippen molar-refractivity contribution in [3.05, 3.63) is 18.5 Å². The van der Waals surface area contributed by atoms with E-state index < -0.39 is 0 Å². The molecule has 0 radical (unpaired) electrons. The maximum Gasteiger partial charge on any atom is 0.320 e. The van der Waals surface area contributed by atoms with Crippen LogP contribution in [-0.4, -0.2) is 27.0 Å². The molecule has 106 valence electrons. The van der Waals surface area contributed by atoms with Gasteiger partial charge in [-0.15, -0.1) is 0 Å². The number of nitrogens with zero attached hydrogens (tertiary/aromatic N) is 2. The first-order valence-electron chi connectivity index (χ1n) is 7.10. The second-order valence-corrected chi connectivity index (χ2v) is 5.43. The maximum absolute atomic E-state index is 12.0. The van der Waals surface area contributed by atoms with Gasteiger partial charge in [0.05, 0.1) is 6.20 Å². The Bertz CT molecular complexity index is 608. The topological polar surface area (TPSA) is 82.7 Å². The third-order valence-electron chi connectivity index (χ3n) is 3.93. The normalized spacial score (nSPS) is 22.6. The molecular weight excluding hydrogens is 254 g/mol. The summed E-state index contributed by atoms with van der Waals surface area (Å²) >= 11 is 0. The van der Waals surface area contributed by atoms with Gasteiger partial charge in [0, 0.05) is 12.2 Å². The fourth-order valence-corrected chi connectivity index (χ4v) is 2.74. The number of aromatic amines is 1. The van der Waals surface area contributed by atoms with Crippen molar-refractivity contribution in [1.82, 2.24) is 20.3 Å². The van der Waals surface area contributed by atoms with E-state index in [1.165, 1.54) is 19.3 Å². The molecule has 1 aliphatic carbocycles. The Labute approximate surface area is 117 Å². The lowest BCUT2D eigenvalue weighted by atomic mass is 9.86. The zero-order valence-corrected chi connectivity index (χ0v) is 11.5. The number of aromatic nitrogens is 3. The minimum absolute atomic E-state index is 0.201. The largest absolute Gasteiger partial charge is 0.345 e. The van der Waals surface area contributed by atoms with Crippen molar-refractivity contribution in [3.63, 3.8) is 0 Å². The highest BCUT2D eigenvalue weighted by molar-refractivity contribution is 5.89. The Morgan fingerprint density at radius 2 is 2.25 bits per heavy atom. The molecule has 0 bridgehead atoms. The van der Waals surface area contributed by atoms with Gasteiger partial charge in [0.25, 0.3) is 0 Å². The zero-order chi connectivity index (χ0) is 13.9. The van der Waals surface area contributed by atoms with Crippen molar-refractivity contribution >= 4 is 23.0 Å². The fraction of sp³-hybridized carbons (Fsp3) is 0.500. The Hall–Kier alpha value is -2.11. The number of amides is 2. The molecule has 3 rings (SSSR count). The first kappa shape index (κ1) is 12.9. The van der Waals surface area contributed by atoms with Crippen LogP contribution in [0.5, 0.6) is 0 Å². The van der Waals surface area contributed by atoms with Gasteiger partial charge in [-0.05, 0) is 24.8 Å². The van der Waals surface area contributed by atoms with E-state index >= 15 is 0 Å². The highest BCUT2D eigenvalue weighted by atomic mass is 16.2. The standard InChI is InChI=1S/C14H19N5O/c1-9-4-2-3-5-10(9)18-14(20)19-12-8-16-13-11(17-12)6-7-15-13/h6-10H,2-5H2,1H3,(H,15,16)(H2,17,18,19,20)/t9-,10-/m1/s1. The van der Waals surface area contributed by atoms with Crippen LogP contribution in [0.15, 0.2) is 18.5 Å². The number of H-pyrrole nitrogens is 1. The molecule has 2 aromatic rings. The van der Waals surface area contributed by atoms with E-state index in [2.05, 4.69) is 32.5 Å². The van der Waals surface area contributed by atoms with Gasteiger partial charge in [0.2, 0.25) is 0 Å². The summed E-state index contributed by atoms with van der Waals surface area (Å²) in [5, 5.41) is 5.79. The van der Waals surface area contributed by atoms with Gasteiger partial charge in [-0.25, -0.2) is 14.8 Å². The number of urea groups is 1. The highest BCUT2D eigenvalue weighted by Gasteiger charge is 2.22. The van der Waals surface area contributed by atoms with Crippen LogP contribution in [0.4, 0.5) is 10.6 Å². The molecule has 6 heteroatoms. The molecule has 2 aromatic heterocycles. The lowest BCUT2D eigenvalue weighted by Crippen LogP contribution is -2.43. The van der Waals surface area contributed by atoms with E-state index in [-0.39, 0.29) is 12.1 Å². The molecule has 0 saturated heterocycles. The van der Waals surface area contributed by atoms with Crippen LogP contribution in [0.3, 0.4) is 0 Å². The van der Waals surface area contributed by atoms with E-state index in [1.54, 1.807) is 12.4 Å². The molecular formula is C14H19N5O. The predicted molar refractivity (Wildman–Crippen MR) is 77.5 cm³/mol. The van der Waals surface area contributed by atoms with Crippen LogP contribution in [0.25, 0.3) is 11.2 Å². The van der Waals surface area contributed by atoms with Crippen LogP contribution in [0.1, 0.15) is 32.6 Å². The Kier molecular flexibility index (Phi) is 3.54. The van der Waals surface area contributed by atoms with Crippen molar-refractivity contribution in [1.29, 1.82) is 0 Å². The summed E-state index contributed by atoms with van der Waals surface area (Å²) in [4.78, 5) is 23.5. The van der Waals surface area contributed by atoms with Gasteiger partial charge in [-0.3, -0.25) is 5.32 Å². The number of rotatable bonds is 2. The summed E-state index contributed by atoms with van der Waals surface area (Å²) < 4.78 is 0. The van der Waals surface area contributed by atoms with E-state index in [9.17, 15) is 4.79 Å². The Morgan fingerprint density at radius 1 is 1.40 bits per heavy atom. The van der Waals surface area contributed by atoms with Crippen LogP contribution in [-0.2, 0) is 0 Å². The molecule has 0 unspecified atom stereocenters. The van der Waals surface area contributed by atoms with Crippen molar-refractivity contribution in [3.8, 4) is 0 Å². The van der Waals surface area contributed by atoms with E-state index in [4.69, 9.17) is 0 Å². The van der Waals surface area contributed by atoms with Gasteiger partial charge >= 0.3 is 6.03 Å². The third kappa shape index (κ3) is 2.74. The average Bonchev–Trinajstić information content (AvgIpc) is 2.89. The molecule has 1 saturated carbocycles. The monoisotopic (exact) mass is 273 g/mol. The van der Waals surface area contributed by atoms with Crippen molar-refractivity contribution < 1.29 is 4.79 Å². The van der Waals surface area contributed by atoms with Crippen molar-refractivity contribution in [2.24, 2.45) is 5.92 Å². The van der Waals surface area contributed by atoms with Gasteiger partial charge in [-0.2, -0.15) is 0 Å². The number of hydrogen-bond acceptors (Lipinski definition) is 3. The number of fused-ring (bicyclic) bond motifs is 1. The summed E-state index contributed by atoms with van der Waals surface area (Å²) in [6, 6.07) is 1.88. The SMILES string of the molecule is C[C@@H]1CCCC[C@H]1NC(=O)Nc1cnc2[nH]ccc2n1. The van der Waals surface area contributed by atoms with Crippen LogP contribution < -0.4 is 10.6 Å². The quantitative estimate of drug-likeness (QED) is 0.786. The van der Waals surface area contributed by atoms with Crippen LogP contribution >= 0.6 is 0 Å². The second kappa shape index (κ2) is 5.48. The molecule has 2 amide bonds. The van der Waals surface area contributed by atoms with Crippen LogP contribution in [0, 0.1) is 5.92 Å². The second-order valence-electron chi connectivity index (χ2n) is 5.43. The minimum Gasteiger partial charge on any atom is -0.345 e. The van der Waals surface area contributed by atoms with Crippen molar-refractivity contribution in [2.45, 2.75) is 38.6 Å². The fourth-order valence-electron chi connectivity index (χ4n) is 2.74. The van der Waals surface area contributed by atoms with Gasteiger partial charge in [0.1, 0.15) is 5.52 Å². The molecule has 0 aromatic carbocycles. The van der Waals surface area contributed by atoms with Crippen molar-refractivity contribution in [2.75, 3.05) is 5.32 Å². The molecule has 6 nitrogen and oxygen atoms in total. The first-order chi connectivity index (χ1) is 9.72. The molecule has 20 heavy (non-hydrogen) atoms. The molecule has 2 heterocycles. The maximum atomic E-state index is 12.0. The molecule has 1 fully saturated rings. The summed E-state index contributed by atoms with van der Waals surface area (Å²) in [7, 11) is 0. The number of carbonyl (C=O) groups is 1. The van der Waals surface area contributed by atoms with Gasteiger partial charge < -0.3 is 10.3 Å². The smallest absolute Gasteiger partial charge is 0.320 e. The summed E-state index contributed by atoms with van der Waals surface area (Å²) in [6.45, 7) is 2.19. The highest BCUT2D eigenvalue weighted by Crippen LogP contribution is 2.23. The number of carbonyl (C=O) groups excluding carboxylic acids is 1. The lowest BCUT2D eigenvalue weighted by Gasteiger charge is -2.29. The van der Waals surface area contributed by atoms with Gasteiger partial charge in [0.15, 0.2) is 11.5 Å². The average molecular weight is 273 g/mol. The summed E-state index contributed by atoms with van der Waals surface area (Å²) in [5.74, 6) is 1.01. The van der Waals surface area contributed by atoms with Crippen LogP contribution in [0.2, 0.25) is 0 Å². The third-order valence-corrected chi connectivity index (χ3v) is 3.93. The van der Waals surface area contributed by atoms with E-state index in [0.29, 0.717) is 11.7 Å². The molecule has 2 atom stereocenters. The summed E-state index contributed by atoms with van der Waals surface area (Å²) in [5.41, 5.74) is 1.46. The number of nitrogens with one attached hydrogen (secondary N) is 3. The molecule has 3 N–H and O–H groups in total. The zero-order valence-electron chi connectivity index (χ0n) is 11.5. The molecule has 0 spiro atoms. The lowest BCUT2D eigenvalue weighted by molar-refractivity contribution is 0.232. The summed E-state index contributed by atoms with van der Waals surface area (Å²) in [6.07, 6.45) is 8.01. The number of hydrogen-bond donors (Lipinski definition) is 3. The molecule has 0 aliphatic heterocycles. The van der Waals surface area contributed by atoms with E-state index in [1.807, 2.05) is 6.07 Å². The predicted octanol–water partition coefficient (Wildman–Crippen LogP) is 2.66. The minimum atomic E-state index is -0.201. The first-order valence-corrected chi connectivity index (χ1v) is 7.10. The Balaban J connectivity index is 1.63.